The van der Waals surface area contributed by atoms with Crippen molar-refractivity contribution >= 4 is 16.9 Å². The van der Waals surface area contributed by atoms with Crippen molar-refractivity contribution in [2.75, 3.05) is 0 Å². The zero-order chi connectivity index (χ0) is 19.7. The lowest BCUT2D eigenvalue weighted by Crippen LogP contribution is -2.38. The van der Waals surface area contributed by atoms with E-state index in [2.05, 4.69) is 10.3 Å². The number of hydrogen-bond acceptors (Lipinski definition) is 4. The second kappa shape index (κ2) is 7.14. The first kappa shape index (κ1) is 18.5. The molecule has 3 rings (SSSR count). The highest BCUT2D eigenvalue weighted by atomic mass is 19.1. The minimum atomic E-state index is -0.523. The van der Waals surface area contributed by atoms with Gasteiger partial charge in [0.15, 0.2) is 0 Å². The maximum atomic E-state index is 13.7. The Morgan fingerprint density at radius 1 is 1.15 bits per heavy atom. The van der Waals surface area contributed by atoms with Gasteiger partial charge in [0.2, 0.25) is 0 Å². The third kappa shape index (κ3) is 3.51. The summed E-state index contributed by atoms with van der Waals surface area (Å²) >= 11 is 0. The van der Waals surface area contributed by atoms with E-state index in [1.165, 1.54) is 36.9 Å². The van der Waals surface area contributed by atoms with E-state index >= 15 is 0 Å². The SMILES string of the molecule is CC(Cc1ccccc1F)NC(=O)c1ccc2c(=O)n(C)c(=O)n(C)c2n1. The number of hydrogen-bond donors (Lipinski definition) is 1. The molecular weight excluding hydrogens is 351 g/mol. The van der Waals surface area contributed by atoms with Crippen LogP contribution in [-0.2, 0) is 20.5 Å². The normalized spacial score (nSPS) is 12.1. The minimum Gasteiger partial charge on any atom is -0.348 e. The van der Waals surface area contributed by atoms with Gasteiger partial charge in [-0.2, -0.15) is 0 Å². The Balaban J connectivity index is 1.87. The van der Waals surface area contributed by atoms with Crippen molar-refractivity contribution in [2.45, 2.75) is 19.4 Å². The predicted molar refractivity (Wildman–Crippen MR) is 99.3 cm³/mol. The van der Waals surface area contributed by atoms with Crippen LogP contribution in [0.1, 0.15) is 23.0 Å². The topological polar surface area (TPSA) is 86.0 Å². The zero-order valence-electron chi connectivity index (χ0n) is 15.2. The standard InChI is InChI=1S/C19H19FN4O3/c1-11(10-12-6-4-5-7-14(12)20)21-17(25)15-9-8-13-16(22-15)23(2)19(27)24(3)18(13)26/h4-9,11H,10H2,1-3H3,(H,21,25). The quantitative estimate of drug-likeness (QED) is 0.746. The summed E-state index contributed by atoms with van der Waals surface area (Å²) in [6.07, 6.45) is 0.324. The van der Waals surface area contributed by atoms with Crippen molar-refractivity contribution in [1.29, 1.82) is 0 Å². The lowest BCUT2D eigenvalue weighted by molar-refractivity contribution is 0.0935. The molecule has 1 unspecified atom stereocenters. The second-order valence-corrected chi connectivity index (χ2v) is 6.44. The lowest BCUT2D eigenvalue weighted by Gasteiger charge is -2.14. The van der Waals surface area contributed by atoms with Gasteiger partial charge in [0.25, 0.3) is 11.5 Å². The molecule has 0 aliphatic carbocycles. The van der Waals surface area contributed by atoms with Crippen LogP contribution in [0, 0.1) is 5.82 Å². The van der Waals surface area contributed by atoms with Crippen LogP contribution in [0.2, 0.25) is 0 Å². The van der Waals surface area contributed by atoms with Crippen molar-refractivity contribution < 1.29 is 9.18 Å². The number of halogens is 1. The maximum Gasteiger partial charge on any atom is 0.332 e. The first-order valence-corrected chi connectivity index (χ1v) is 8.40. The number of aromatic nitrogens is 3. The molecule has 1 N–H and O–H groups in total. The Morgan fingerprint density at radius 2 is 1.85 bits per heavy atom. The van der Waals surface area contributed by atoms with Gasteiger partial charge in [-0.25, -0.2) is 14.2 Å². The fraction of sp³-hybridized carbons (Fsp3) is 0.263. The average molecular weight is 370 g/mol. The number of nitrogens with one attached hydrogen (secondary N) is 1. The van der Waals surface area contributed by atoms with E-state index < -0.39 is 17.2 Å². The third-order valence-electron chi connectivity index (χ3n) is 4.40. The number of nitrogens with zero attached hydrogens (tertiary/aromatic N) is 3. The van der Waals surface area contributed by atoms with E-state index in [4.69, 9.17) is 0 Å². The Hall–Kier alpha value is -3.29. The fourth-order valence-electron chi connectivity index (χ4n) is 2.92. The smallest absolute Gasteiger partial charge is 0.332 e. The van der Waals surface area contributed by atoms with Crippen LogP contribution in [-0.4, -0.2) is 26.1 Å². The molecule has 27 heavy (non-hydrogen) atoms. The van der Waals surface area contributed by atoms with E-state index in [1.807, 2.05) is 0 Å². The number of carbonyl (C=O) groups excluding carboxylic acids is 1. The van der Waals surface area contributed by atoms with Crippen LogP contribution < -0.4 is 16.6 Å². The summed E-state index contributed by atoms with van der Waals surface area (Å²) in [4.78, 5) is 40.9. The molecule has 0 aliphatic heterocycles. The Morgan fingerprint density at radius 3 is 2.56 bits per heavy atom. The number of benzene rings is 1. The summed E-state index contributed by atoms with van der Waals surface area (Å²) in [6.45, 7) is 1.76. The average Bonchev–Trinajstić information content (AvgIpc) is 2.66. The summed E-state index contributed by atoms with van der Waals surface area (Å²) in [5.74, 6) is -0.790. The summed E-state index contributed by atoms with van der Waals surface area (Å²) in [6, 6.07) is 8.95. The van der Waals surface area contributed by atoms with Gasteiger partial charge < -0.3 is 5.32 Å². The molecular formula is C19H19FN4O3. The molecule has 0 saturated heterocycles. The van der Waals surface area contributed by atoms with Crippen LogP contribution in [0.3, 0.4) is 0 Å². The Bertz CT molecular complexity index is 1150. The van der Waals surface area contributed by atoms with Crippen molar-refractivity contribution in [3.63, 3.8) is 0 Å². The van der Waals surface area contributed by atoms with Gasteiger partial charge in [0, 0.05) is 20.1 Å². The largest absolute Gasteiger partial charge is 0.348 e. The van der Waals surface area contributed by atoms with Crippen LogP contribution in [0.25, 0.3) is 11.0 Å². The molecule has 0 spiro atoms. The molecule has 140 valence electrons. The molecule has 2 heterocycles. The van der Waals surface area contributed by atoms with E-state index in [1.54, 1.807) is 25.1 Å². The van der Waals surface area contributed by atoms with Crippen molar-refractivity contribution in [2.24, 2.45) is 14.1 Å². The van der Waals surface area contributed by atoms with Crippen molar-refractivity contribution in [1.82, 2.24) is 19.4 Å². The van der Waals surface area contributed by atoms with Gasteiger partial charge in [0.05, 0.1) is 5.39 Å². The van der Waals surface area contributed by atoms with Gasteiger partial charge in [-0.1, -0.05) is 18.2 Å². The van der Waals surface area contributed by atoms with E-state index in [0.717, 1.165) is 4.57 Å². The van der Waals surface area contributed by atoms with Gasteiger partial charge >= 0.3 is 5.69 Å². The molecule has 2 aromatic heterocycles. The molecule has 0 bridgehead atoms. The zero-order valence-corrected chi connectivity index (χ0v) is 15.2. The van der Waals surface area contributed by atoms with Gasteiger partial charge in [-0.3, -0.25) is 18.7 Å². The summed E-state index contributed by atoms with van der Waals surface area (Å²) in [5, 5.41) is 3.00. The monoisotopic (exact) mass is 370 g/mol. The molecule has 0 saturated carbocycles. The Kier molecular flexibility index (Phi) is 4.89. The molecule has 0 aliphatic rings. The summed E-state index contributed by atoms with van der Waals surface area (Å²) < 4.78 is 16.0. The molecule has 1 aromatic carbocycles. The van der Waals surface area contributed by atoms with Crippen LogP contribution in [0.15, 0.2) is 46.0 Å². The third-order valence-corrected chi connectivity index (χ3v) is 4.40. The number of pyridine rings is 1. The summed E-state index contributed by atoms with van der Waals surface area (Å²) in [7, 11) is 2.87. The Labute approximate surface area is 154 Å². The first-order valence-electron chi connectivity index (χ1n) is 8.40. The molecule has 3 aromatic rings. The van der Waals surface area contributed by atoms with E-state index in [9.17, 15) is 18.8 Å². The van der Waals surface area contributed by atoms with E-state index in [0.29, 0.717) is 12.0 Å². The maximum absolute atomic E-state index is 13.7. The molecule has 7 nitrogen and oxygen atoms in total. The highest BCUT2D eigenvalue weighted by molar-refractivity contribution is 5.94. The number of aryl methyl sites for hydroxylation is 1. The van der Waals surface area contributed by atoms with Crippen LogP contribution in [0.5, 0.6) is 0 Å². The van der Waals surface area contributed by atoms with E-state index in [-0.39, 0.29) is 28.6 Å². The highest BCUT2D eigenvalue weighted by Gasteiger charge is 2.16. The van der Waals surface area contributed by atoms with Gasteiger partial charge in [-0.05, 0) is 37.1 Å². The van der Waals surface area contributed by atoms with Gasteiger partial charge in [0.1, 0.15) is 17.2 Å². The number of fused-ring (bicyclic) bond motifs is 1. The number of rotatable bonds is 4. The van der Waals surface area contributed by atoms with Crippen molar-refractivity contribution in [3.8, 4) is 0 Å². The molecule has 8 heteroatoms. The molecule has 1 amide bonds. The number of carbonyl (C=O) groups is 1. The highest BCUT2D eigenvalue weighted by Crippen LogP contribution is 2.10. The van der Waals surface area contributed by atoms with Crippen molar-refractivity contribution in [3.05, 3.63) is 74.3 Å². The molecule has 1 atom stereocenters. The fourth-order valence-corrected chi connectivity index (χ4v) is 2.92. The van der Waals surface area contributed by atoms with Crippen LogP contribution in [0.4, 0.5) is 4.39 Å². The molecule has 0 radical (unpaired) electrons. The van der Waals surface area contributed by atoms with Crippen LogP contribution >= 0.6 is 0 Å². The first-order chi connectivity index (χ1) is 12.8. The van der Waals surface area contributed by atoms with Gasteiger partial charge in [-0.15, -0.1) is 0 Å². The lowest BCUT2D eigenvalue weighted by atomic mass is 10.1. The predicted octanol–water partition coefficient (Wildman–Crippen LogP) is 1.13. The molecule has 0 fully saturated rings. The second-order valence-electron chi connectivity index (χ2n) is 6.44. The summed E-state index contributed by atoms with van der Waals surface area (Å²) in [5.41, 5.74) is -0.280. The number of amides is 1. The minimum absolute atomic E-state index is 0.0751.